The smallest absolute Gasteiger partial charge is 0.100 e. The molecule has 21 aromatic rings. The molecule has 112 heavy (non-hydrogen) atoms. The lowest BCUT2D eigenvalue weighted by atomic mass is 9.98. The second kappa shape index (κ2) is 30.9. The van der Waals surface area contributed by atoms with Gasteiger partial charge in [-0.25, -0.2) is 0 Å². The normalized spacial score (nSPS) is 13.1. The summed E-state index contributed by atoms with van der Waals surface area (Å²) in [7, 11) is 0. The lowest BCUT2D eigenvalue weighted by molar-refractivity contribution is 1.25. The maximum atomic E-state index is 5.00. The van der Waals surface area contributed by atoms with Crippen molar-refractivity contribution in [2.45, 2.75) is 27.7 Å². The number of aryl methyl sites for hydroxylation is 4. The quantitative estimate of drug-likeness (QED) is 0.0531. The van der Waals surface area contributed by atoms with E-state index in [-0.39, 0.29) is 0 Å². The molecule has 24 heteroatoms. The van der Waals surface area contributed by atoms with Crippen LogP contribution in [0.3, 0.4) is 0 Å². The summed E-state index contributed by atoms with van der Waals surface area (Å²) in [5.41, 5.74) is 30.6. The molecule has 0 unspecified atom stereocenters. The zero-order valence-electron chi connectivity index (χ0n) is 59.3. The van der Waals surface area contributed by atoms with Gasteiger partial charge in [0.2, 0.25) is 0 Å². The van der Waals surface area contributed by atoms with Gasteiger partial charge in [0.1, 0.15) is 21.4 Å². The summed E-state index contributed by atoms with van der Waals surface area (Å²) < 4.78 is 14.8. The number of thiophene rings is 6. The van der Waals surface area contributed by atoms with E-state index in [4.69, 9.17) is 30.6 Å². The van der Waals surface area contributed by atoms with Crippen molar-refractivity contribution in [3.8, 4) is 0 Å². The minimum Gasteiger partial charge on any atom is -0.278 e. The van der Waals surface area contributed by atoms with Gasteiger partial charge in [-0.15, -0.1) is 68.0 Å². The molecule has 0 aliphatic heterocycles. The van der Waals surface area contributed by atoms with Crippen molar-refractivity contribution in [2.24, 2.45) is 30.6 Å². The summed E-state index contributed by atoms with van der Waals surface area (Å²) in [6.07, 6.45) is 0. The predicted molar refractivity (Wildman–Crippen MR) is 523 cm³/mol. The molecule has 21 rings (SSSR count). The van der Waals surface area contributed by atoms with Gasteiger partial charge < -0.3 is 0 Å². The summed E-state index contributed by atoms with van der Waals surface area (Å²) in [5.74, 6) is 0. The second-order valence-electron chi connectivity index (χ2n) is 26.8. The summed E-state index contributed by atoms with van der Waals surface area (Å²) in [4.78, 5) is 0. The zero-order chi connectivity index (χ0) is 76.2. The minimum atomic E-state index is 0.964. The fourth-order valence-electron chi connectivity index (χ4n) is 15.4. The molecule has 546 valence electrons. The van der Waals surface area contributed by atoms with Gasteiger partial charge in [0.25, 0.3) is 0 Å². The SMILES string of the molecule is Cc1c2/c(=N/Nc3ccccc3)c3cc(Br)sc3c2c(C)c2/c(=N/Nc3ccccc3)c3cc(Br)sc3c12.Cc1c2/c(=N/Nc3ccccc3)c3cc(I)sc3c2c(C)c2/c(=N/Nc3ccccc3)c3cc(I)sc3c12.Ic1cc2/c(=N\Nc3ccccc3)c3cc4c(cc3c2s1)/c(=N/Nc1ccccc1)c1cc(I)sc14. The average molecular weight is 2140 g/mol. The number of para-hydroxylation sites is 6. The van der Waals surface area contributed by atoms with Crippen molar-refractivity contribution in [3.05, 3.63) is 304 Å². The van der Waals surface area contributed by atoms with Crippen molar-refractivity contribution >= 4 is 350 Å². The van der Waals surface area contributed by atoms with Crippen LogP contribution in [-0.4, -0.2) is 0 Å². The van der Waals surface area contributed by atoms with Crippen LogP contribution in [-0.2, 0) is 0 Å². The van der Waals surface area contributed by atoms with Crippen LogP contribution in [0.15, 0.2) is 269 Å². The molecule has 0 saturated carbocycles. The third-order valence-corrected chi connectivity index (χ3v) is 31.2. The fourth-order valence-corrected chi connectivity index (χ4v) is 26.5. The molecular weight excluding hydrogens is 2080 g/mol. The highest BCUT2D eigenvalue weighted by molar-refractivity contribution is 14.1. The molecule has 6 aromatic heterocycles. The molecule has 6 N–H and O–H groups in total. The van der Waals surface area contributed by atoms with E-state index in [1.54, 1.807) is 22.7 Å². The van der Waals surface area contributed by atoms with Crippen LogP contribution in [0, 0.1) is 39.2 Å². The lowest BCUT2D eigenvalue weighted by Crippen LogP contribution is -2.07. The van der Waals surface area contributed by atoms with Gasteiger partial charge in [0, 0.05) is 125 Å². The first-order valence-electron chi connectivity index (χ1n) is 35.3. The molecule has 0 radical (unpaired) electrons. The van der Waals surface area contributed by atoms with E-state index >= 15 is 0 Å². The maximum absolute atomic E-state index is 5.00. The summed E-state index contributed by atoms with van der Waals surface area (Å²) in [5, 5.41) is 57.6. The van der Waals surface area contributed by atoms with Gasteiger partial charge in [0.05, 0.1) is 63.9 Å². The molecule has 0 aliphatic rings. The summed E-state index contributed by atoms with van der Waals surface area (Å²) in [6.45, 7) is 8.96. The maximum Gasteiger partial charge on any atom is 0.100 e. The Morgan fingerprint density at radius 3 is 0.679 bits per heavy atom. The number of hydrogen-bond donors (Lipinski definition) is 6. The minimum absolute atomic E-state index is 0.964. The van der Waals surface area contributed by atoms with Crippen molar-refractivity contribution in [3.63, 3.8) is 0 Å². The van der Waals surface area contributed by atoms with Crippen LogP contribution in [0.5, 0.6) is 0 Å². The van der Waals surface area contributed by atoms with E-state index in [2.05, 4.69) is 231 Å². The van der Waals surface area contributed by atoms with Gasteiger partial charge in [0.15, 0.2) is 0 Å². The Labute approximate surface area is 735 Å². The van der Waals surface area contributed by atoms with E-state index in [1.807, 2.05) is 227 Å². The van der Waals surface area contributed by atoms with E-state index in [0.29, 0.717) is 0 Å². The number of fused-ring (bicyclic) bond motifs is 18. The predicted octanol–water partition coefficient (Wildman–Crippen LogP) is 26.6. The van der Waals surface area contributed by atoms with Crippen molar-refractivity contribution in [2.75, 3.05) is 32.6 Å². The van der Waals surface area contributed by atoms with E-state index in [0.717, 1.165) is 84.6 Å². The molecular formula is C88H56Br2I4N12S6. The highest BCUT2D eigenvalue weighted by atomic mass is 127. The number of nitrogens with one attached hydrogen (secondary N) is 6. The van der Waals surface area contributed by atoms with Crippen molar-refractivity contribution in [1.82, 2.24) is 0 Å². The molecule has 6 heterocycles. The van der Waals surface area contributed by atoms with Gasteiger partial charge in [-0.1, -0.05) is 109 Å². The molecule has 0 amide bonds. The van der Waals surface area contributed by atoms with Crippen LogP contribution in [0.4, 0.5) is 34.1 Å². The number of hydrogen-bond acceptors (Lipinski definition) is 18. The summed E-state index contributed by atoms with van der Waals surface area (Å²) >= 11 is 28.0. The first-order valence-corrected chi connectivity index (χ1v) is 46.1. The van der Waals surface area contributed by atoms with E-state index in [9.17, 15) is 0 Å². The van der Waals surface area contributed by atoms with Crippen LogP contribution in [0.2, 0.25) is 0 Å². The van der Waals surface area contributed by atoms with Crippen LogP contribution in [0.25, 0.3) is 125 Å². The van der Waals surface area contributed by atoms with E-state index in [1.165, 1.54) is 148 Å². The largest absolute Gasteiger partial charge is 0.278 e. The Hall–Kier alpha value is -8.12. The molecule has 12 nitrogen and oxygen atoms in total. The third-order valence-electron chi connectivity index (χ3n) is 20.2. The Kier molecular flexibility index (Phi) is 20.4. The molecule has 0 aliphatic carbocycles. The van der Waals surface area contributed by atoms with Crippen LogP contribution in [0.1, 0.15) is 22.3 Å². The Bertz CT molecular complexity index is 6940. The van der Waals surface area contributed by atoms with Crippen LogP contribution >= 0.6 is 190 Å². The number of anilines is 6. The topological polar surface area (TPSA) is 146 Å². The molecule has 0 bridgehead atoms. The first kappa shape index (κ1) is 74.0. The number of nitrogens with zero attached hydrogens (tertiary/aromatic N) is 6. The van der Waals surface area contributed by atoms with Gasteiger partial charge in [-0.3, -0.25) is 32.6 Å². The fraction of sp³-hybridized carbons (Fsp3) is 0.0455. The van der Waals surface area contributed by atoms with Gasteiger partial charge >= 0.3 is 0 Å². The Balaban J connectivity index is 0.000000113. The first-order chi connectivity index (χ1) is 54.7. The molecule has 15 aromatic carbocycles. The summed E-state index contributed by atoms with van der Waals surface area (Å²) in [6, 6.07) is 78.7. The molecule has 0 spiro atoms. The second-order valence-corrected chi connectivity index (χ2v) is 43.5. The third kappa shape index (κ3) is 13.4. The standard InChI is InChI=1S/C30H20Br2N4S2.C30H20I2N4S2.C28H16I2N4S2/c2*1-15-23-26(30-19(13-22(32)38-30)27(23)35-33-17-9-5-3-6-10-17)16(2)24-25(15)29-20(14-21(31)37-29)28(24)36-34-18-11-7-4-8-12-18;29-23-13-21-25(33-31-15-7-3-1-4-8-15)17-11-20-18(12-19(17)27(21)35-23)26(22-14-24(30)36-28(20)22)34-32-16-9-5-2-6-10-16/h2*3-14,33-34H,1-2H3;1-14,31-32H/b2*35-27+,36-28+;33-25-,34-26-. The van der Waals surface area contributed by atoms with Crippen LogP contribution < -0.4 is 64.7 Å². The number of benzene rings is 9. The Morgan fingerprint density at radius 2 is 0.429 bits per heavy atom. The zero-order valence-corrected chi connectivity index (χ0v) is 76.0. The highest BCUT2D eigenvalue weighted by Crippen LogP contribution is 2.47. The van der Waals surface area contributed by atoms with E-state index < -0.39 is 0 Å². The molecule has 0 atom stereocenters. The van der Waals surface area contributed by atoms with Crippen molar-refractivity contribution in [1.29, 1.82) is 0 Å². The monoisotopic (exact) mass is 2140 g/mol. The van der Waals surface area contributed by atoms with Gasteiger partial charge in [-0.2, -0.15) is 30.6 Å². The molecule has 0 fully saturated rings. The molecule has 0 saturated heterocycles. The van der Waals surface area contributed by atoms with Crippen molar-refractivity contribution < 1.29 is 0 Å². The number of halogens is 6. The average Bonchev–Trinajstić information content (AvgIpc) is 1.57. The highest BCUT2D eigenvalue weighted by Gasteiger charge is 2.27. The Morgan fingerprint density at radius 1 is 0.223 bits per heavy atom. The van der Waals surface area contributed by atoms with Gasteiger partial charge in [-0.05, 0) is 293 Å². The lowest BCUT2D eigenvalue weighted by Gasteiger charge is -2.07. The number of rotatable bonds is 12.